The quantitative estimate of drug-likeness (QED) is 0.0338. The van der Waals surface area contributed by atoms with Crippen molar-refractivity contribution in [2.75, 3.05) is 0 Å². The molecule has 0 amide bonds. The summed E-state index contributed by atoms with van der Waals surface area (Å²) in [6.07, 6.45) is 8.88. The summed E-state index contributed by atoms with van der Waals surface area (Å²) >= 11 is 0. The van der Waals surface area contributed by atoms with Gasteiger partial charge < -0.3 is 9.40 Å². The van der Waals surface area contributed by atoms with Crippen LogP contribution >= 0.6 is 0 Å². The zero-order chi connectivity index (χ0) is 37.0. The molecule has 1 aliphatic carbocycles. The van der Waals surface area contributed by atoms with E-state index in [1.54, 1.807) is 0 Å². The Hall–Kier alpha value is -4.84. The Morgan fingerprint density at radius 1 is 0.731 bits per heavy atom. The molecule has 1 aromatic heterocycles. The van der Waals surface area contributed by atoms with Gasteiger partial charge in [-0.3, -0.25) is 9.59 Å². The van der Waals surface area contributed by atoms with Crippen molar-refractivity contribution < 1.29 is 19.2 Å². The lowest BCUT2D eigenvalue weighted by molar-refractivity contribution is -0.140. The number of fused-ring (bicyclic) bond motifs is 6. The molecule has 270 valence electrons. The summed E-state index contributed by atoms with van der Waals surface area (Å²) in [5.74, 6) is -0.323. The number of aromatic nitrogens is 1. The third-order valence-corrected chi connectivity index (χ3v) is 11.0. The van der Waals surface area contributed by atoms with Gasteiger partial charge in [-0.25, -0.2) is 4.79 Å². The minimum absolute atomic E-state index is 0.0261. The van der Waals surface area contributed by atoms with Gasteiger partial charge in [-0.2, -0.15) is 0 Å². The van der Waals surface area contributed by atoms with Gasteiger partial charge in [-0.05, 0) is 89.9 Å². The van der Waals surface area contributed by atoms with Crippen molar-refractivity contribution in [1.82, 2.24) is 4.57 Å². The van der Waals surface area contributed by atoms with Crippen LogP contribution in [0.2, 0.25) is 0 Å². The largest absolute Gasteiger partial charge is 0.340 e. The highest BCUT2D eigenvalue weighted by Gasteiger charge is 2.35. The molecule has 0 N–H and O–H groups in total. The number of benzene rings is 4. The van der Waals surface area contributed by atoms with Crippen LogP contribution in [-0.4, -0.2) is 27.8 Å². The molecule has 0 aliphatic heterocycles. The van der Waals surface area contributed by atoms with Gasteiger partial charge in [0, 0.05) is 57.4 Å². The number of carbonyl (C=O) groups is 3. The fraction of sp³-hybridized carbons (Fsp3) is 0.391. The number of oxime groups is 1. The maximum Gasteiger partial charge on any atom is 0.331 e. The Bertz CT molecular complexity index is 2170. The average molecular weight is 697 g/mol. The highest BCUT2D eigenvalue weighted by Crippen LogP contribution is 2.48. The summed E-state index contributed by atoms with van der Waals surface area (Å²) in [5.41, 5.74) is 8.75. The van der Waals surface area contributed by atoms with Gasteiger partial charge in [0.25, 0.3) is 0 Å². The lowest BCUT2D eigenvalue weighted by Crippen LogP contribution is -2.16. The van der Waals surface area contributed by atoms with E-state index in [0.717, 1.165) is 73.3 Å². The SMILES string of the molecule is CCCCCC/C(=N\OC(C)=O)C(=O)c1ccc2c(c1)c1cc(C(=O)c3ccc4c(c3)C(C)(C)c3ccccc3-4)ccc1n2CC(CC)CCCC. The van der Waals surface area contributed by atoms with Crippen molar-refractivity contribution >= 4 is 45.1 Å². The van der Waals surface area contributed by atoms with E-state index in [1.165, 1.54) is 35.6 Å². The molecule has 0 bridgehead atoms. The average Bonchev–Trinajstić information content (AvgIpc) is 3.58. The maximum absolute atomic E-state index is 14.3. The van der Waals surface area contributed by atoms with E-state index in [0.29, 0.717) is 29.0 Å². The van der Waals surface area contributed by atoms with Crippen LogP contribution in [0.5, 0.6) is 0 Å². The first-order valence-electron chi connectivity index (χ1n) is 19.2. The van der Waals surface area contributed by atoms with Gasteiger partial charge >= 0.3 is 5.97 Å². The number of carbonyl (C=O) groups excluding carboxylic acids is 3. The predicted molar refractivity (Wildman–Crippen MR) is 212 cm³/mol. The van der Waals surface area contributed by atoms with Crippen molar-refractivity contribution in [2.24, 2.45) is 11.1 Å². The predicted octanol–water partition coefficient (Wildman–Crippen LogP) is 11.6. The van der Waals surface area contributed by atoms with Gasteiger partial charge in [-0.15, -0.1) is 0 Å². The molecule has 1 unspecified atom stereocenters. The van der Waals surface area contributed by atoms with Crippen LogP contribution in [0.1, 0.15) is 137 Å². The molecule has 0 radical (unpaired) electrons. The first-order valence-corrected chi connectivity index (χ1v) is 19.2. The van der Waals surface area contributed by atoms with E-state index in [1.807, 2.05) is 36.4 Å². The second kappa shape index (κ2) is 15.8. The number of rotatable bonds is 16. The Kier molecular flexibility index (Phi) is 11.2. The molecule has 5 aromatic rings. The van der Waals surface area contributed by atoms with Crippen LogP contribution in [0.25, 0.3) is 32.9 Å². The van der Waals surface area contributed by atoms with E-state index in [4.69, 9.17) is 4.84 Å². The van der Waals surface area contributed by atoms with Crippen LogP contribution < -0.4 is 0 Å². The first kappa shape index (κ1) is 36.9. The molecule has 1 heterocycles. The Balaban J connectivity index is 1.43. The zero-order valence-corrected chi connectivity index (χ0v) is 31.7. The first-order chi connectivity index (χ1) is 25.1. The number of hydrogen-bond acceptors (Lipinski definition) is 5. The van der Waals surface area contributed by atoms with E-state index >= 15 is 0 Å². The zero-order valence-electron chi connectivity index (χ0n) is 31.7. The van der Waals surface area contributed by atoms with Crippen LogP contribution in [0.4, 0.5) is 0 Å². The molecule has 6 nitrogen and oxygen atoms in total. The van der Waals surface area contributed by atoms with E-state index < -0.39 is 5.97 Å². The molecular formula is C46H52N2O4. The second-order valence-corrected chi connectivity index (χ2v) is 15.0. The van der Waals surface area contributed by atoms with Crippen molar-refractivity contribution in [3.05, 3.63) is 107 Å². The summed E-state index contributed by atoms with van der Waals surface area (Å²) in [7, 11) is 0. The third-order valence-electron chi connectivity index (χ3n) is 11.0. The molecule has 6 heteroatoms. The van der Waals surface area contributed by atoms with Gasteiger partial charge in [0.1, 0.15) is 5.71 Å². The molecule has 52 heavy (non-hydrogen) atoms. The maximum atomic E-state index is 14.3. The summed E-state index contributed by atoms with van der Waals surface area (Å²) in [4.78, 5) is 44.9. The van der Waals surface area contributed by atoms with Gasteiger partial charge in [-0.1, -0.05) is 115 Å². The highest BCUT2D eigenvalue weighted by atomic mass is 16.7. The second-order valence-electron chi connectivity index (χ2n) is 15.0. The number of unbranched alkanes of at least 4 members (excludes halogenated alkanes) is 4. The topological polar surface area (TPSA) is 77.7 Å². The molecule has 0 fully saturated rings. The highest BCUT2D eigenvalue weighted by molar-refractivity contribution is 6.46. The van der Waals surface area contributed by atoms with Crippen LogP contribution in [0, 0.1) is 5.92 Å². The van der Waals surface area contributed by atoms with Crippen molar-refractivity contribution in [1.29, 1.82) is 0 Å². The summed E-state index contributed by atoms with van der Waals surface area (Å²) < 4.78 is 2.37. The van der Waals surface area contributed by atoms with Gasteiger partial charge in [0.15, 0.2) is 5.78 Å². The normalized spacial score (nSPS) is 14.0. The molecule has 4 aromatic carbocycles. The number of hydrogen-bond donors (Lipinski definition) is 0. The fourth-order valence-corrected chi connectivity index (χ4v) is 7.98. The van der Waals surface area contributed by atoms with Gasteiger partial charge in [0.05, 0.1) is 0 Å². The molecule has 6 rings (SSSR count). The third kappa shape index (κ3) is 7.26. The molecule has 0 saturated carbocycles. The van der Waals surface area contributed by atoms with Crippen molar-refractivity contribution in [3.8, 4) is 11.1 Å². The minimum Gasteiger partial charge on any atom is -0.340 e. The minimum atomic E-state index is -0.556. The Morgan fingerprint density at radius 3 is 2.06 bits per heavy atom. The molecule has 0 spiro atoms. The number of ketones is 2. The fourth-order valence-electron chi connectivity index (χ4n) is 7.98. The van der Waals surface area contributed by atoms with Crippen LogP contribution in [0.3, 0.4) is 0 Å². The molecule has 0 saturated heterocycles. The summed E-state index contributed by atoms with van der Waals surface area (Å²) in [6.45, 7) is 13.2. The molecule has 1 atom stereocenters. The van der Waals surface area contributed by atoms with E-state index in [-0.39, 0.29) is 22.7 Å². The van der Waals surface area contributed by atoms with Crippen LogP contribution in [0.15, 0.2) is 84.0 Å². The monoisotopic (exact) mass is 696 g/mol. The van der Waals surface area contributed by atoms with Gasteiger partial charge in [0.2, 0.25) is 5.78 Å². The number of Topliss-reactive ketones (excluding diaryl/α,β-unsaturated/α-hetero) is 1. The standard InChI is InChI=1S/C46H52N2O4/c1-7-10-12-13-19-41(47-52-30(4)49)45(51)33-22-25-43-38(27-33)37-26-32(21-24-42(37)48(43)29-31(9-3)16-11-8-2)44(50)34-20-23-36-35-17-14-15-18-39(35)46(5,6)40(36)28-34/h14-15,17-18,20-28,31H,7-13,16,19,29H2,1-6H3/b47-41+. The lowest BCUT2D eigenvalue weighted by atomic mass is 9.81. The Morgan fingerprint density at radius 2 is 1.37 bits per heavy atom. The van der Waals surface area contributed by atoms with Crippen molar-refractivity contribution in [2.45, 2.75) is 111 Å². The molecular weight excluding hydrogens is 645 g/mol. The van der Waals surface area contributed by atoms with Crippen molar-refractivity contribution in [3.63, 3.8) is 0 Å². The van der Waals surface area contributed by atoms with Crippen LogP contribution in [-0.2, 0) is 21.6 Å². The molecule has 1 aliphatic rings. The summed E-state index contributed by atoms with van der Waals surface area (Å²) in [5, 5.41) is 5.87. The summed E-state index contributed by atoms with van der Waals surface area (Å²) in [6, 6.07) is 26.5. The Labute approximate surface area is 308 Å². The lowest BCUT2D eigenvalue weighted by Gasteiger charge is -2.21. The van der Waals surface area contributed by atoms with E-state index in [9.17, 15) is 14.4 Å². The smallest absolute Gasteiger partial charge is 0.331 e. The van der Waals surface area contributed by atoms with E-state index in [2.05, 4.69) is 86.8 Å². The number of nitrogens with zero attached hydrogens (tertiary/aromatic N) is 2.